The van der Waals surface area contributed by atoms with Crippen LogP contribution >= 0.6 is 0 Å². The van der Waals surface area contributed by atoms with Gasteiger partial charge in [-0.3, -0.25) is 4.79 Å². The summed E-state index contributed by atoms with van der Waals surface area (Å²) in [5, 5.41) is 0.915. The highest BCUT2D eigenvalue weighted by Gasteiger charge is 2.24. The molecule has 1 amide bonds. The van der Waals surface area contributed by atoms with Gasteiger partial charge < -0.3 is 9.64 Å². The maximum absolute atomic E-state index is 13.3. The van der Waals surface area contributed by atoms with Gasteiger partial charge in [0.05, 0.1) is 23.9 Å². The van der Waals surface area contributed by atoms with Crippen LogP contribution in [0.1, 0.15) is 30.1 Å². The highest BCUT2D eigenvalue weighted by Crippen LogP contribution is 2.28. The second kappa shape index (κ2) is 7.39. The van der Waals surface area contributed by atoms with E-state index in [4.69, 9.17) is 9.72 Å². The molecule has 1 aromatic heterocycles. The first kappa shape index (κ1) is 17.5. The molecule has 0 radical (unpaired) electrons. The number of rotatable bonds is 3. The molecule has 4 nitrogen and oxygen atoms in total. The summed E-state index contributed by atoms with van der Waals surface area (Å²) in [7, 11) is 1.65. The van der Waals surface area contributed by atoms with Crippen molar-refractivity contribution in [2.24, 2.45) is 5.92 Å². The normalized spacial score (nSPS) is 17.1. The first-order valence-corrected chi connectivity index (χ1v) is 9.49. The number of ether oxygens (including phenoxy) is 1. The second-order valence-corrected chi connectivity index (χ2v) is 7.30. The number of pyridine rings is 1. The highest BCUT2D eigenvalue weighted by molar-refractivity contribution is 6.07. The number of nitrogens with zero attached hydrogens (tertiary/aromatic N) is 2. The third kappa shape index (κ3) is 3.52. The smallest absolute Gasteiger partial charge is 0.254 e. The summed E-state index contributed by atoms with van der Waals surface area (Å²) in [6, 6.07) is 17.6. The average molecular weight is 360 g/mol. The molecule has 1 aliphatic heterocycles. The van der Waals surface area contributed by atoms with Gasteiger partial charge in [-0.1, -0.05) is 25.1 Å². The third-order valence-electron chi connectivity index (χ3n) is 5.28. The van der Waals surface area contributed by atoms with Crippen LogP contribution in [-0.2, 0) is 0 Å². The lowest BCUT2D eigenvalue weighted by Gasteiger charge is -2.31. The van der Waals surface area contributed by atoms with Crippen LogP contribution in [0.3, 0.4) is 0 Å². The summed E-state index contributed by atoms with van der Waals surface area (Å²) < 4.78 is 5.25. The number of likely N-dealkylation sites (tertiary alicyclic amines) is 1. The lowest BCUT2D eigenvalue weighted by Crippen LogP contribution is -2.39. The van der Waals surface area contributed by atoms with Crippen molar-refractivity contribution in [1.82, 2.24) is 9.88 Å². The number of hydrogen-bond acceptors (Lipinski definition) is 3. The molecule has 1 saturated heterocycles. The quantitative estimate of drug-likeness (QED) is 0.675. The van der Waals surface area contributed by atoms with Crippen LogP contribution in [0.4, 0.5) is 0 Å². The average Bonchev–Trinajstić information content (AvgIpc) is 2.72. The van der Waals surface area contributed by atoms with Crippen LogP contribution in [0, 0.1) is 5.92 Å². The van der Waals surface area contributed by atoms with Gasteiger partial charge in [0.1, 0.15) is 5.75 Å². The zero-order chi connectivity index (χ0) is 18.8. The molecule has 4 heteroatoms. The predicted octanol–water partition coefficient (Wildman–Crippen LogP) is 4.78. The molecule has 1 aliphatic rings. The van der Waals surface area contributed by atoms with Crippen molar-refractivity contribution >= 4 is 16.8 Å². The van der Waals surface area contributed by atoms with E-state index in [-0.39, 0.29) is 5.91 Å². The molecule has 3 aromatic rings. The summed E-state index contributed by atoms with van der Waals surface area (Å²) in [6.45, 7) is 3.87. The molecule has 2 heterocycles. The van der Waals surface area contributed by atoms with E-state index in [1.807, 2.05) is 59.5 Å². The molecule has 27 heavy (non-hydrogen) atoms. The summed E-state index contributed by atoms with van der Waals surface area (Å²) >= 11 is 0. The summed E-state index contributed by atoms with van der Waals surface area (Å²) in [4.78, 5) is 20.1. The van der Waals surface area contributed by atoms with E-state index in [0.717, 1.165) is 53.0 Å². The van der Waals surface area contributed by atoms with E-state index in [2.05, 4.69) is 6.92 Å². The van der Waals surface area contributed by atoms with Gasteiger partial charge >= 0.3 is 0 Å². The van der Waals surface area contributed by atoms with Gasteiger partial charge in [-0.25, -0.2) is 4.98 Å². The van der Waals surface area contributed by atoms with Crippen molar-refractivity contribution < 1.29 is 9.53 Å². The van der Waals surface area contributed by atoms with Crippen LogP contribution in [0.15, 0.2) is 54.6 Å². The standard InChI is InChI=1S/C23H24N2O2/c1-16-6-5-13-25(15-16)23(26)20-14-22(17-9-11-18(27-2)12-10-17)24-21-8-4-3-7-19(20)21/h3-4,7-12,14,16H,5-6,13,15H2,1-2H3/t16-/m0/s1. The number of hydrogen-bond donors (Lipinski definition) is 0. The number of aromatic nitrogens is 1. The largest absolute Gasteiger partial charge is 0.497 e. The minimum Gasteiger partial charge on any atom is -0.497 e. The molecular formula is C23H24N2O2. The van der Waals surface area contributed by atoms with Gasteiger partial charge in [-0.2, -0.15) is 0 Å². The Morgan fingerprint density at radius 3 is 2.67 bits per heavy atom. The van der Waals surface area contributed by atoms with E-state index in [1.54, 1.807) is 7.11 Å². The van der Waals surface area contributed by atoms with Crippen LogP contribution in [-0.4, -0.2) is 36.0 Å². The molecular weight excluding hydrogens is 336 g/mol. The van der Waals surface area contributed by atoms with Crippen molar-refractivity contribution in [3.05, 3.63) is 60.2 Å². The number of methoxy groups -OCH3 is 1. The molecule has 0 spiro atoms. The number of benzene rings is 2. The Balaban J connectivity index is 1.79. The first-order valence-electron chi connectivity index (χ1n) is 9.49. The highest BCUT2D eigenvalue weighted by atomic mass is 16.5. The van der Waals surface area contributed by atoms with Gasteiger partial charge in [0, 0.05) is 24.0 Å². The molecule has 0 saturated carbocycles. The van der Waals surface area contributed by atoms with Crippen molar-refractivity contribution in [3.8, 4) is 17.0 Å². The van der Waals surface area contributed by atoms with Gasteiger partial charge in [-0.15, -0.1) is 0 Å². The molecule has 0 aliphatic carbocycles. The van der Waals surface area contributed by atoms with Crippen molar-refractivity contribution in [3.63, 3.8) is 0 Å². The van der Waals surface area contributed by atoms with Gasteiger partial charge in [0.15, 0.2) is 0 Å². The van der Waals surface area contributed by atoms with Gasteiger partial charge in [0.2, 0.25) is 0 Å². The fourth-order valence-corrected chi connectivity index (χ4v) is 3.81. The van der Waals surface area contributed by atoms with Crippen molar-refractivity contribution in [1.29, 1.82) is 0 Å². The van der Waals surface area contributed by atoms with Crippen LogP contribution < -0.4 is 4.74 Å². The second-order valence-electron chi connectivity index (χ2n) is 7.30. The van der Waals surface area contributed by atoms with E-state index >= 15 is 0 Å². The topological polar surface area (TPSA) is 42.4 Å². The molecule has 1 fully saturated rings. The predicted molar refractivity (Wildman–Crippen MR) is 108 cm³/mol. The summed E-state index contributed by atoms with van der Waals surface area (Å²) in [5.74, 6) is 1.46. The fraction of sp³-hybridized carbons (Fsp3) is 0.304. The Labute approximate surface area is 159 Å². The summed E-state index contributed by atoms with van der Waals surface area (Å²) in [6.07, 6.45) is 2.26. The fourth-order valence-electron chi connectivity index (χ4n) is 3.81. The molecule has 138 valence electrons. The Kier molecular flexibility index (Phi) is 4.80. The number of fused-ring (bicyclic) bond motifs is 1. The number of amides is 1. The Morgan fingerprint density at radius 2 is 1.93 bits per heavy atom. The number of piperidine rings is 1. The van der Waals surface area contributed by atoms with Gasteiger partial charge in [-0.05, 0) is 55.2 Å². The van der Waals surface area contributed by atoms with Crippen LogP contribution in [0.5, 0.6) is 5.75 Å². The minimum atomic E-state index is 0.106. The molecule has 0 unspecified atom stereocenters. The monoisotopic (exact) mass is 360 g/mol. The lowest BCUT2D eigenvalue weighted by atomic mass is 9.98. The van der Waals surface area contributed by atoms with E-state index in [0.29, 0.717) is 5.92 Å². The number of carbonyl (C=O) groups excluding carboxylic acids is 1. The maximum atomic E-state index is 13.3. The molecule has 0 N–H and O–H groups in total. The number of para-hydroxylation sites is 1. The zero-order valence-electron chi connectivity index (χ0n) is 15.8. The molecule has 0 bridgehead atoms. The van der Waals surface area contributed by atoms with Gasteiger partial charge in [0.25, 0.3) is 5.91 Å². The van der Waals surface area contributed by atoms with Crippen LogP contribution in [0.2, 0.25) is 0 Å². The van der Waals surface area contributed by atoms with Crippen molar-refractivity contribution in [2.75, 3.05) is 20.2 Å². The summed E-state index contributed by atoms with van der Waals surface area (Å²) in [5.41, 5.74) is 3.37. The Bertz CT molecular complexity index is 966. The molecule has 4 rings (SSSR count). The van der Waals surface area contributed by atoms with E-state index in [1.165, 1.54) is 6.42 Å². The van der Waals surface area contributed by atoms with Crippen LogP contribution in [0.25, 0.3) is 22.2 Å². The number of carbonyl (C=O) groups is 1. The zero-order valence-corrected chi connectivity index (χ0v) is 15.8. The first-order chi connectivity index (χ1) is 13.2. The van der Waals surface area contributed by atoms with E-state index < -0.39 is 0 Å². The third-order valence-corrected chi connectivity index (χ3v) is 5.28. The Morgan fingerprint density at radius 1 is 1.15 bits per heavy atom. The van der Waals surface area contributed by atoms with Crippen molar-refractivity contribution in [2.45, 2.75) is 19.8 Å². The van der Waals surface area contributed by atoms with E-state index in [9.17, 15) is 4.79 Å². The minimum absolute atomic E-state index is 0.106. The SMILES string of the molecule is COc1ccc(-c2cc(C(=O)N3CCC[C@H](C)C3)c3ccccc3n2)cc1. The molecule has 1 atom stereocenters. The molecule has 2 aromatic carbocycles. The lowest BCUT2D eigenvalue weighted by molar-refractivity contribution is 0.0685. The maximum Gasteiger partial charge on any atom is 0.254 e. The Hall–Kier alpha value is -2.88.